The molecule has 3 heterocycles. The number of benzene rings is 1. The number of aryl methyl sites for hydroxylation is 1. The van der Waals surface area contributed by atoms with Gasteiger partial charge in [-0.2, -0.15) is 9.78 Å². The van der Waals surface area contributed by atoms with Gasteiger partial charge in [-0.1, -0.05) is 18.7 Å². The molecule has 2 aromatic rings. The molecule has 8 heteroatoms. The van der Waals surface area contributed by atoms with Crippen molar-refractivity contribution in [1.29, 1.82) is 0 Å². The Kier molecular flexibility index (Phi) is 4.39. The highest BCUT2D eigenvalue weighted by atomic mass is 79.9. The van der Waals surface area contributed by atoms with Gasteiger partial charge in [0.1, 0.15) is 13.2 Å². The lowest BCUT2D eigenvalue weighted by Crippen LogP contribution is -2.17. The number of fused-ring (bicyclic) bond motifs is 2. The summed E-state index contributed by atoms with van der Waals surface area (Å²) in [5.74, 6) is 3.25. The van der Waals surface area contributed by atoms with E-state index >= 15 is 0 Å². The van der Waals surface area contributed by atoms with Gasteiger partial charge in [-0.3, -0.25) is 0 Å². The monoisotopic (exact) mass is 382 g/mol. The van der Waals surface area contributed by atoms with Gasteiger partial charge < -0.3 is 9.47 Å². The second-order valence-corrected chi connectivity index (χ2v) is 5.70. The summed E-state index contributed by atoms with van der Waals surface area (Å²) in [6.45, 7) is 3.25. The highest BCUT2D eigenvalue weighted by Crippen LogP contribution is 2.32. The predicted molar refractivity (Wildman–Crippen MR) is 89.8 cm³/mol. The van der Waals surface area contributed by atoms with Gasteiger partial charge >= 0.3 is 0 Å². The van der Waals surface area contributed by atoms with Crippen molar-refractivity contribution in [2.24, 2.45) is 5.10 Å². The molecule has 0 spiro atoms. The Morgan fingerprint density at radius 1 is 1.18 bits per heavy atom. The zero-order valence-electron chi connectivity index (χ0n) is 12.0. The molecule has 2 aliphatic heterocycles. The zero-order valence-corrected chi connectivity index (χ0v) is 14.5. The average Bonchev–Trinajstić information content (AvgIpc) is 2.96. The highest BCUT2D eigenvalue weighted by molar-refractivity contribution is 8.93. The molecule has 1 aromatic carbocycles. The summed E-state index contributed by atoms with van der Waals surface area (Å²) in [5.41, 5.74) is 2.05. The second kappa shape index (κ2) is 6.29. The Morgan fingerprint density at radius 2 is 2.00 bits per heavy atom. The van der Waals surface area contributed by atoms with E-state index in [4.69, 9.17) is 9.47 Å². The van der Waals surface area contributed by atoms with Crippen molar-refractivity contribution in [3.8, 4) is 11.5 Å². The van der Waals surface area contributed by atoms with Gasteiger partial charge in [0, 0.05) is 17.7 Å². The van der Waals surface area contributed by atoms with Crippen LogP contribution in [0.5, 0.6) is 11.5 Å². The minimum atomic E-state index is 0. The van der Waals surface area contributed by atoms with Gasteiger partial charge in [0.05, 0.1) is 5.71 Å². The minimum absolute atomic E-state index is 0. The van der Waals surface area contributed by atoms with Crippen LogP contribution in [0, 0.1) is 0 Å². The lowest BCUT2D eigenvalue weighted by Gasteiger charge is -2.20. The molecule has 0 saturated carbocycles. The maximum atomic E-state index is 5.64. The van der Waals surface area contributed by atoms with Crippen LogP contribution in [-0.2, 0) is 6.42 Å². The number of rotatable bonds is 2. The van der Waals surface area contributed by atoms with Gasteiger partial charge in [0.25, 0.3) is 0 Å². The topological polar surface area (TPSA) is 61.5 Å². The molecule has 0 N–H and O–H groups in total. The first-order valence-corrected chi connectivity index (χ1v) is 7.88. The summed E-state index contributed by atoms with van der Waals surface area (Å²) in [6, 6.07) is 5.96. The van der Waals surface area contributed by atoms with Crippen molar-refractivity contribution in [2.45, 2.75) is 18.5 Å². The molecule has 6 nitrogen and oxygen atoms in total. The minimum Gasteiger partial charge on any atom is -0.486 e. The third-order valence-corrected chi connectivity index (χ3v) is 4.36. The quantitative estimate of drug-likeness (QED) is 0.798. The van der Waals surface area contributed by atoms with Gasteiger partial charge in [-0.15, -0.1) is 27.2 Å². The Bertz CT molecular complexity index is 732. The van der Waals surface area contributed by atoms with Gasteiger partial charge in [0.15, 0.2) is 17.3 Å². The van der Waals surface area contributed by atoms with E-state index in [2.05, 4.69) is 22.2 Å². The molecule has 0 amide bonds. The maximum Gasteiger partial charge on any atom is 0.212 e. The van der Waals surface area contributed by atoms with Crippen molar-refractivity contribution < 1.29 is 9.47 Å². The lowest BCUT2D eigenvalue weighted by atomic mass is 10.1. The fourth-order valence-corrected chi connectivity index (χ4v) is 3.21. The first kappa shape index (κ1) is 15.4. The molecule has 1 aromatic heterocycles. The predicted octanol–water partition coefficient (Wildman–Crippen LogP) is 2.55. The van der Waals surface area contributed by atoms with E-state index in [0.717, 1.165) is 45.9 Å². The molecule has 0 atom stereocenters. The van der Waals surface area contributed by atoms with Crippen LogP contribution in [0.15, 0.2) is 28.5 Å². The molecule has 4 rings (SSSR count). The number of halogens is 1. The van der Waals surface area contributed by atoms with Crippen molar-refractivity contribution in [2.75, 3.05) is 19.0 Å². The fourth-order valence-electron chi connectivity index (χ4n) is 2.35. The van der Waals surface area contributed by atoms with E-state index in [0.29, 0.717) is 13.2 Å². The Balaban J connectivity index is 0.00000144. The van der Waals surface area contributed by atoms with E-state index in [1.807, 2.05) is 22.9 Å². The summed E-state index contributed by atoms with van der Waals surface area (Å²) in [6.07, 6.45) is 0.811. The van der Waals surface area contributed by atoms with Crippen molar-refractivity contribution in [3.63, 3.8) is 0 Å². The Labute approximate surface area is 142 Å². The van der Waals surface area contributed by atoms with Gasteiger partial charge in [0.2, 0.25) is 5.16 Å². The number of thioether (sulfide) groups is 1. The molecule has 22 heavy (non-hydrogen) atoms. The summed E-state index contributed by atoms with van der Waals surface area (Å²) in [5, 5.41) is 13.8. The van der Waals surface area contributed by atoms with Crippen LogP contribution in [0.1, 0.15) is 18.3 Å². The first-order valence-electron chi connectivity index (χ1n) is 6.90. The number of nitrogens with zero attached hydrogens (tertiary/aromatic N) is 4. The largest absolute Gasteiger partial charge is 0.486 e. The molecular formula is C14H15BrN4O2S. The number of hydrogen-bond acceptors (Lipinski definition) is 6. The van der Waals surface area contributed by atoms with Crippen LogP contribution < -0.4 is 9.47 Å². The zero-order chi connectivity index (χ0) is 14.2. The SMILES string of the molecule is Br.CCc1nnc2n1N=C(c1ccc3c(c1)OCCO3)CS2. The summed E-state index contributed by atoms with van der Waals surface area (Å²) in [4.78, 5) is 0. The third kappa shape index (κ3) is 2.61. The highest BCUT2D eigenvalue weighted by Gasteiger charge is 2.20. The molecule has 116 valence electrons. The van der Waals surface area contributed by atoms with Crippen LogP contribution in [0.25, 0.3) is 0 Å². The Morgan fingerprint density at radius 3 is 2.82 bits per heavy atom. The summed E-state index contributed by atoms with van der Waals surface area (Å²) < 4.78 is 13.0. The fraction of sp³-hybridized carbons (Fsp3) is 0.357. The van der Waals surface area contributed by atoms with E-state index in [-0.39, 0.29) is 17.0 Å². The average molecular weight is 383 g/mol. The van der Waals surface area contributed by atoms with Gasteiger partial charge in [-0.25, -0.2) is 0 Å². The van der Waals surface area contributed by atoms with E-state index in [9.17, 15) is 0 Å². The molecule has 0 radical (unpaired) electrons. The summed E-state index contributed by atoms with van der Waals surface area (Å²) in [7, 11) is 0. The molecule has 0 bridgehead atoms. The van der Waals surface area contributed by atoms with Gasteiger partial charge in [-0.05, 0) is 18.2 Å². The number of hydrogen-bond donors (Lipinski definition) is 0. The molecule has 0 fully saturated rings. The standard InChI is InChI=1S/C14H14N4O2S.BrH/c1-2-13-15-16-14-18(13)17-10(8-21-14)9-3-4-11-12(7-9)20-6-5-19-11;/h3-4,7H,2,5-6,8H2,1H3;1H. The van der Waals surface area contributed by atoms with Crippen LogP contribution in [0.2, 0.25) is 0 Å². The smallest absolute Gasteiger partial charge is 0.212 e. The van der Waals surface area contributed by atoms with Crippen molar-refractivity contribution >= 4 is 34.5 Å². The molecular weight excluding hydrogens is 368 g/mol. The van der Waals surface area contributed by atoms with Crippen molar-refractivity contribution in [3.05, 3.63) is 29.6 Å². The van der Waals surface area contributed by atoms with E-state index in [1.165, 1.54) is 0 Å². The third-order valence-electron chi connectivity index (χ3n) is 3.43. The molecule has 0 aliphatic carbocycles. The first-order chi connectivity index (χ1) is 10.3. The van der Waals surface area contributed by atoms with E-state index in [1.54, 1.807) is 11.8 Å². The molecule has 0 saturated heterocycles. The molecule has 2 aliphatic rings. The number of aromatic nitrogens is 3. The van der Waals surface area contributed by atoms with Crippen LogP contribution in [0.3, 0.4) is 0 Å². The normalized spacial score (nSPS) is 15.6. The Hall–Kier alpha value is -1.54. The van der Waals surface area contributed by atoms with Crippen LogP contribution in [0.4, 0.5) is 0 Å². The maximum absolute atomic E-state index is 5.64. The number of ether oxygens (including phenoxy) is 2. The van der Waals surface area contributed by atoms with E-state index < -0.39 is 0 Å². The van der Waals surface area contributed by atoms with Crippen LogP contribution >= 0.6 is 28.7 Å². The molecule has 0 unspecified atom stereocenters. The second-order valence-electron chi connectivity index (χ2n) is 4.76. The summed E-state index contributed by atoms with van der Waals surface area (Å²) >= 11 is 1.65. The van der Waals surface area contributed by atoms with Crippen LogP contribution in [-0.4, -0.2) is 39.6 Å². The van der Waals surface area contributed by atoms with Crippen molar-refractivity contribution in [1.82, 2.24) is 14.9 Å². The lowest BCUT2D eigenvalue weighted by molar-refractivity contribution is 0.171.